The van der Waals surface area contributed by atoms with Crippen molar-refractivity contribution in [2.24, 2.45) is 0 Å². The molecule has 0 saturated heterocycles. The first kappa shape index (κ1) is 13.7. The van der Waals surface area contributed by atoms with Crippen LogP contribution in [0.4, 0.5) is 8.78 Å². The number of rotatable bonds is 3. The molecule has 0 saturated carbocycles. The maximum Gasteiger partial charge on any atom is 0.352 e. The smallest absolute Gasteiger partial charge is 0.352 e. The first-order chi connectivity index (χ1) is 8.91. The fourth-order valence-corrected chi connectivity index (χ4v) is 2.26. The van der Waals surface area contributed by atoms with Crippen molar-refractivity contribution < 1.29 is 18.7 Å². The van der Waals surface area contributed by atoms with E-state index in [0.717, 1.165) is 6.07 Å². The Kier molecular flexibility index (Phi) is 3.71. The Morgan fingerprint density at radius 2 is 2.05 bits per heavy atom. The van der Waals surface area contributed by atoms with Crippen LogP contribution >= 0.6 is 15.9 Å². The van der Waals surface area contributed by atoms with Crippen molar-refractivity contribution >= 4 is 21.9 Å². The lowest BCUT2D eigenvalue weighted by Gasteiger charge is -2.10. The van der Waals surface area contributed by atoms with Crippen LogP contribution in [0, 0.1) is 18.6 Å². The first-order valence-electron chi connectivity index (χ1n) is 5.43. The molecule has 1 heterocycles. The maximum absolute atomic E-state index is 13.8. The molecule has 0 radical (unpaired) electrons. The molecule has 0 aliphatic carbocycles. The lowest BCUT2D eigenvalue weighted by molar-refractivity contribution is 0.0684. The van der Waals surface area contributed by atoms with Gasteiger partial charge in [0.2, 0.25) is 0 Å². The Bertz CT molecular complexity index is 652. The van der Waals surface area contributed by atoms with Gasteiger partial charge in [-0.2, -0.15) is 0 Å². The second kappa shape index (κ2) is 5.13. The summed E-state index contributed by atoms with van der Waals surface area (Å²) in [6.45, 7) is 1.46. The van der Waals surface area contributed by atoms with Crippen molar-refractivity contribution in [1.29, 1.82) is 0 Å². The van der Waals surface area contributed by atoms with Gasteiger partial charge in [-0.25, -0.2) is 13.6 Å². The monoisotopic (exact) mass is 329 g/mol. The highest BCUT2D eigenvalue weighted by atomic mass is 79.9. The Hall–Kier alpha value is -1.69. The van der Waals surface area contributed by atoms with E-state index < -0.39 is 17.6 Å². The molecule has 0 amide bonds. The van der Waals surface area contributed by atoms with Crippen LogP contribution in [0.25, 0.3) is 0 Å². The van der Waals surface area contributed by atoms with E-state index in [1.54, 1.807) is 13.0 Å². The van der Waals surface area contributed by atoms with E-state index in [1.807, 2.05) is 0 Å². The van der Waals surface area contributed by atoms with E-state index in [0.29, 0.717) is 5.56 Å². The van der Waals surface area contributed by atoms with E-state index in [4.69, 9.17) is 5.11 Å². The molecule has 100 valence electrons. The summed E-state index contributed by atoms with van der Waals surface area (Å²) in [6, 6.07) is 4.00. The van der Waals surface area contributed by atoms with Gasteiger partial charge < -0.3 is 9.67 Å². The van der Waals surface area contributed by atoms with E-state index in [9.17, 15) is 13.6 Å². The van der Waals surface area contributed by atoms with Gasteiger partial charge in [0.25, 0.3) is 0 Å². The molecule has 0 unspecified atom stereocenters. The van der Waals surface area contributed by atoms with Crippen molar-refractivity contribution in [3.05, 3.63) is 57.3 Å². The second-order valence-corrected chi connectivity index (χ2v) is 4.96. The van der Waals surface area contributed by atoms with Crippen molar-refractivity contribution in [3.63, 3.8) is 0 Å². The van der Waals surface area contributed by atoms with Crippen molar-refractivity contribution in [3.8, 4) is 0 Å². The lowest BCUT2D eigenvalue weighted by Crippen LogP contribution is -2.12. The highest BCUT2D eigenvalue weighted by Crippen LogP contribution is 2.23. The Morgan fingerprint density at radius 1 is 1.37 bits per heavy atom. The minimum Gasteiger partial charge on any atom is -0.477 e. The molecule has 3 nitrogen and oxygen atoms in total. The quantitative estimate of drug-likeness (QED) is 0.874. The number of benzene rings is 1. The number of carboxylic acid groups (broad SMARTS) is 1. The molecular formula is C13H10BrF2NO2. The normalized spacial score (nSPS) is 10.7. The Balaban J connectivity index is 2.48. The zero-order valence-corrected chi connectivity index (χ0v) is 11.5. The van der Waals surface area contributed by atoms with Gasteiger partial charge in [0.05, 0.1) is 11.0 Å². The topological polar surface area (TPSA) is 42.2 Å². The summed E-state index contributed by atoms with van der Waals surface area (Å²) in [7, 11) is 0. The van der Waals surface area contributed by atoms with Gasteiger partial charge >= 0.3 is 5.97 Å². The summed E-state index contributed by atoms with van der Waals surface area (Å²) in [4.78, 5) is 11.1. The lowest BCUT2D eigenvalue weighted by atomic mass is 10.2. The van der Waals surface area contributed by atoms with Crippen LogP contribution in [0.5, 0.6) is 0 Å². The third-order valence-corrected chi connectivity index (χ3v) is 3.45. The van der Waals surface area contributed by atoms with Gasteiger partial charge in [0, 0.05) is 11.8 Å². The number of hydrogen-bond donors (Lipinski definition) is 1. The van der Waals surface area contributed by atoms with Crippen LogP contribution in [0.2, 0.25) is 0 Å². The van der Waals surface area contributed by atoms with Gasteiger partial charge in [-0.15, -0.1) is 0 Å². The highest BCUT2D eigenvalue weighted by Gasteiger charge is 2.17. The second-order valence-electron chi connectivity index (χ2n) is 4.10. The predicted molar refractivity (Wildman–Crippen MR) is 69.3 cm³/mol. The van der Waals surface area contributed by atoms with E-state index in [2.05, 4.69) is 15.9 Å². The standard InChI is InChI=1S/C13H10BrF2NO2/c1-7-4-5-17(12(7)13(18)19)6-8-10(15)3-2-9(14)11(8)16/h2-5H,6H2,1H3,(H,18,19). The van der Waals surface area contributed by atoms with Crippen molar-refractivity contribution in [1.82, 2.24) is 4.57 Å². The Labute approximate surface area is 116 Å². The average Bonchev–Trinajstić information content (AvgIpc) is 2.71. The van der Waals surface area contributed by atoms with Crippen LogP contribution in [-0.4, -0.2) is 15.6 Å². The fourth-order valence-electron chi connectivity index (χ4n) is 1.89. The highest BCUT2D eigenvalue weighted by molar-refractivity contribution is 9.10. The molecule has 0 aliphatic heterocycles. The average molecular weight is 330 g/mol. The van der Waals surface area contributed by atoms with Gasteiger partial charge in [-0.05, 0) is 46.6 Å². The summed E-state index contributed by atoms with van der Waals surface area (Å²) in [6.07, 6.45) is 1.50. The minimum absolute atomic E-state index is 0.0266. The van der Waals surface area contributed by atoms with Gasteiger partial charge in [-0.1, -0.05) is 0 Å². The molecule has 0 atom stereocenters. The zero-order chi connectivity index (χ0) is 14.2. The van der Waals surface area contributed by atoms with Crippen LogP contribution in [-0.2, 0) is 6.54 Å². The third-order valence-electron chi connectivity index (χ3n) is 2.84. The number of halogens is 3. The summed E-state index contributed by atoms with van der Waals surface area (Å²) in [5, 5.41) is 9.09. The predicted octanol–water partition coefficient (Wildman–Crippen LogP) is 3.58. The molecule has 6 heteroatoms. The maximum atomic E-state index is 13.8. The van der Waals surface area contributed by atoms with Crippen LogP contribution < -0.4 is 0 Å². The molecule has 1 N–H and O–H groups in total. The molecule has 19 heavy (non-hydrogen) atoms. The fraction of sp³-hybridized carbons (Fsp3) is 0.154. The van der Waals surface area contributed by atoms with E-state index in [1.165, 1.54) is 16.8 Å². The summed E-state index contributed by atoms with van der Waals surface area (Å²) in [5.74, 6) is -2.55. The largest absolute Gasteiger partial charge is 0.477 e. The molecule has 1 aromatic heterocycles. The van der Waals surface area contributed by atoms with Crippen LogP contribution in [0.1, 0.15) is 21.6 Å². The number of aromatic nitrogens is 1. The third kappa shape index (κ3) is 2.53. The number of aromatic carboxylic acids is 1. The summed E-state index contributed by atoms with van der Waals surface area (Å²) < 4.78 is 28.9. The molecule has 2 aromatic rings. The SMILES string of the molecule is Cc1ccn(Cc2c(F)ccc(Br)c2F)c1C(=O)O. The van der Waals surface area contributed by atoms with Gasteiger partial charge in [0.1, 0.15) is 17.3 Å². The molecule has 0 spiro atoms. The molecule has 0 fully saturated rings. The van der Waals surface area contributed by atoms with Gasteiger partial charge in [-0.3, -0.25) is 0 Å². The minimum atomic E-state index is -1.13. The van der Waals surface area contributed by atoms with Crippen molar-refractivity contribution in [2.45, 2.75) is 13.5 Å². The van der Waals surface area contributed by atoms with Crippen LogP contribution in [0.3, 0.4) is 0 Å². The van der Waals surface area contributed by atoms with Crippen LogP contribution in [0.15, 0.2) is 28.9 Å². The summed E-state index contributed by atoms with van der Waals surface area (Å²) in [5.41, 5.74) is 0.398. The number of hydrogen-bond acceptors (Lipinski definition) is 1. The number of nitrogens with zero attached hydrogens (tertiary/aromatic N) is 1. The number of carbonyl (C=O) groups is 1. The molecular weight excluding hydrogens is 320 g/mol. The summed E-state index contributed by atoms with van der Waals surface area (Å²) >= 11 is 2.98. The molecule has 0 bridgehead atoms. The number of aryl methyl sites for hydroxylation is 1. The molecule has 1 aromatic carbocycles. The Morgan fingerprint density at radius 3 is 2.68 bits per heavy atom. The van der Waals surface area contributed by atoms with Gasteiger partial charge in [0.15, 0.2) is 0 Å². The molecule has 2 rings (SSSR count). The van der Waals surface area contributed by atoms with Crippen molar-refractivity contribution in [2.75, 3.05) is 0 Å². The zero-order valence-electron chi connectivity index (χ0n) is 9.95. The van der Waals surface area contributed by atoms with E-state index >= 15 is 0 Å². The van der Waals surface area contributed by atoms with E-state index in [-0.39, 0.29) is 22.3 Å². The first-order valence-corrected chi connectivity index (χ1v) is 6.22. The molecule has 0 aliphatic rings. The number of carboxylic acids is 1.